The number of rotatable bonds is 7. The Morgan fingerprint density at radius 1 is 1.05 bits per heavy atom. The summed E-state index contributed by atoms with van der Waals surface area (Å²) in [6, 6.07) is 19.5. The van der Waals surface area contributed by atoms with Crippen LogP contribution in [0.15, 0.2) is 79.3 Å². The maximum absolute atomic E-state index is 12.6. The molecule has 0 unspecified atom stereocenters. The van der Waals surface area contributed by atoms with Crippen molar-refractivity contribution >= 4 is 27.6 Å². The van der Waals surface area contributed by atoms with Gasteiger partial charge in [0.15, 0.2) is 0 Å². The highest BCUT2D eigenvalue weighted by molar-refractivity contribution is 5.97. The molecule has 0 spiro atoms. The zero-order valence-corrected chi connectivity index (χ0v) is 21.4. The van der Waals surface area contributed by atoms with Gasteiger partial charge < -0.3 is 20.6 Å². The summed E-state index contributed by atoms with van der Waals surface area (Å²) in [4.78, 5) is 20.2. The van der Waals surface area contributed by atoms with Crippen molar-refractivity contribution in [2.75, 3.05) is 6.61 Å². The van der Waals surface area contributed by atoms with E-state index in [1.807, 2.05) is 68.6 Å². The number of primary amides is 1. The third-order valence-corrected chi connectivity index (χ3v) is 6.55. The fourth-order valence-corrected chi connectivity index (χ4v) is 4.77. The minimum absolute atomic E-state index is 0.143. The minimum Gasteiger partial charge on any atom is -0.490 e. The van der Waals surface area contributed by atoms with E-state index in [1.165, 1.54) is 0 Å². The normalized spacial score (nSPS) is 11.9. The molecule has 0 bridgehead atoms. The van der Waals surface area contributed by atoms with E-state index in [1.54, 1.807) is 18.5 Å². The number of carbonyl (C=O) groups excluding carboxylic acids is 1. The van der Waals surface area contributed by atoms with Crippen LogP contribution in [0.4, 0.5) is 0 Å². The number of hydrogen-bond donors (Lipinski definition) is 3. The molecule has 6 nitrogen and oxygen atoms in total. The lowest BCUT2D eigenvalue weighted by Gasteiger charge is -2.23. The molecule has 2 aromatic heterocycles. The molecule has 5 aromatic rings. The average Bonchev–Trinajstić information content (AvgIpc) is 3.33. The monoisotopic (exact) mass is 503 g/mol. The van der Waals surface area contributed by atoms with Crippen molar-refractivity contribution in [2.45, 2.75) is 32.3 Å². The number of nitrogens with zero attached hydrogens (tertiary/aromatic N) is 1. The standard InChI is InChI=1S/C32H29N3O3/c1-20(2)38-31-28(25(19-36)15-24-18-35-30-10-6-5-9-27(24)30)13-21(14-29(31)32(33)37)11-12-23-17-34-16-22-7-3-4-8-26(22)23/h3-10,13-14,16-18,20,25,35-36H,15,19H2,1-2H3,(H2,33,37)/t25-/m0/s1. The van der Waals surface area contributed by atoms with Crippen LogP contribution >= 0.6 is 0 Å². The number of pyridine rings is 1. The molecule has 0 saturated carbocycles. The van der Waals surface area contributed by atoms with Crippen LogP contribution in [0.3, 0.4) is 0 Å². The maximum Gasteiger partial charge on any atom is 0.252 e. The molecule has 190 valence electrons. The number of aliphatic hydroxyl groups is 1. The number of nitrogens with two attached hydrogens (primary N) is 1. The first kappa shape index (κ1) is 25.1. The smallest absolute Gasteiger partial charge is 0.252 e. The number of aromatic amines is 1. The van der Waals surface area contributed by atoms with Gasteiger partial charge in [0.2, 0.25) is 0 Å². The molecule has 3 aromatic carbocycles. The number of carbonyl (C=O) groups is 1. The molecule has 5 rings (SSSR count). The van der Waals surface area contributed by atoms with Gasteiger partial charge in [0, 0.05) is 57.3 Å². The van der Waals surface area contributed by atoms with Crippen LogP contribution in [0.5, 0.6) is 5.75 Å². The number of ether oxygens (including phenoxy) is 1. The maximum atomic E-state index is 12.6. The molecule has 0 fully saturated rings. The Balaban J connectivity index is 1.62. The average molecular weight is 504 g/mol. The van der Waals surface area contributed by atoms with Crippen molar-refractivity contribution in [3.8, 4) is 17.6 Å². The van der Waals surface area contributed by atoms with Crippen LogP contribution < -0.4 is 10.5 Å². The van der Waals surface area contributed by atoms with E-state index in [4.69, 9.17) is 10.5 Å². The van der Waals surface area contributed by atoms with Crippen molar-refractivity contribution in [1.82, 2.24) is 9.97 Å². The quantitative estimate of drug-likeness (QED) is 0.262. The van der Waals surface area contributed by atoms with Crippen LogP contribution in [0.25, 0.3) is 21.7 Å². The lowest BCUT2D eigenvalue weighted by atomic mass is 9.88. The van der Waals surface area contributed by atoms with Crippen LogP contribution in [0.1, 0.15) is 52.4 Å². The van der Waals surface area contributed by atoms with Gasteiger partial charge in [-0.3, -0.25) is 9.78 Å². The number of nitrogens with one attached hydrogen (secondary N) is 1. The van der Waals surface area contributed by atoms with Crippen LogP contribution in [-0.2, 0) is 6.42 Å². The molecule has 1 atom stereocenters. The van der Waals surface area contributed by atoms with E-state index in [9.17, 15) is 9.90 Å². The van der Waals surface area contributed by atoms with Gasteiger partial charge in [-0.1, -0.05) is 54.3 Å². The Hall–Kier alpha value is -4.60. The Morgan fingerprint density at radius 2 is 1.82 bits per heavy atom. The Bertz CT molecular complexity index is 1690. The van der Waals surface area contributed by atoms with Crippen molar-refractivity contribution in [2.24, 2.45) is 5.73 Å². The third-order valence-electron chi connectivity index (χ3n) is 6.55. The highest BCUT2D eigenvalue weighted by Crippen LogP contribution is 2.36. The topological polar surface area (TPSA) is 101 Å². The molecule has 1 amide bonds. The summed E-state index contributed by atoms with van der Waals surface area (Å²) in [7, 11) is 0. The van der Waals surface area contributed by atoms with Gasteiger partial charge in [-0.15, -0.1) is 0 Å². The van der Waals surface area contributed by atoms with Crippen LogP contribution in [-0.4, -0.2) is 33.7 Å². The number of hydrogen-bond acceptors (Lipinski definition) is 4. The highest BCUT2D eigenvalue weighted by atomic mass is 16.5. The van der Waals surface area contributed by atoms with Gasteiger partial charge >= 0.3 is 0 Å². The van der Waals surface area contributed by atoms with Gasteiger partial charge in [0.25, 0.3) is 5.91 Å². The summed E-state index contributed by atoms with van der Waals surface area (Å²) in [5.41, 5.74) is 10.2. The number of para-hydroxylation sites is 1. The van der Waals surface area contributed by atoms with Gasteiger partial charge in [-0.2, -0.15) is 0 Å². The predicted octanol–water partition coefficient (Wildman–Crippen LogP) is 5.32. The minimum atomic E-state index is -0.610. The molecule has 0 saturated heterocycles. The first-order valence-electron chi connectivity index (χ1n) is 12.6. The molecule has 0 aliphatic heterocycles. The fraction of sp³-hybridized carbons (Fsp3) is 0.188. The fourth-order valence-electron chi connectivity index (χ4n) is 4.77. The largest absolute Gasteiger partial charge is 0.490 e. The van der Waals surface area contributed by atoms with E-state index >= 15 is 0 Å². The molecule has 0 radical (unpaired) electrons. The summed E-state index contributed by atoms with van der Waals surface area (Å²) < 4.78 is 6.12. The van der Waals surface area contributed by atoms with Gasteiger partial charge in [-0.25, -0.2) is 0 Å². The third kappa shape index (κ3) is 5.10. The second-order valence-corrected chi connectivity index (χ2v) is 9.57. The second kappa shape index (κ2) is 10.8. The molecule has 0 aliphatic carbocycles. The number of aliphatic hydroxyl groups excluding tert-OH is 1. The van der Waals surface area contributed by atoms with Gasteiger partial charge in [0.05, 0.1) is 23.8 Å². The van der Waals surface area contributed by atoms with Crippen molar-refractivity contribution < 1.29 is 14.6 Å². The van der Waals surface area contributed by atoms with Gasteiger partial charge in [0.1, 0.15) is 5.75 Å². The lowest BCUT2D eigenvalue weighted by Crippen LogP contribution is -2.19. The summed E-state index contributed by atoms with van der Waals surface area (Å²) in [6.07, 6.45) is 5.84. The molecule has 38 heavy (non-hydrogen) atoms. The molecule has 4 N–H and O–H groups in total. The van der Waals surface area contributed by atoms with E-state index in [-0.39, 0.29) is 24.2 Å². The van der Waals surface area contributed by atoms with Crippen molar-refractivity contribution in [1.29, 1.82) is 0 Å². The Labute approximate surface area is 221 Å². The SMILES string of the molecule is CC(C)Oc1c(C(N)=O)cc(C#Cc2cncc3ccccc23)cc1[C@H](CO)Cc1c[nH]c2ccccc12. The Kier molecular flexibility index (Phi) is 7.12. The first-order chi connectivity index (χ1) is 18.4. The van der Waals surface area contributed by atoms with Crippen molar-refractivity contribution in [3.63, 3.8) is 0 Å². The number of aromatic nitrogens is 2. The van der Waals surface area contributed by atoms with E-state index in [0.29, 0.717) is 23.3 Å². The first-order valence-corrected chi connectivity index (χ1v) is 12.6. The molecule has 6 heteroatoms. The summed E-state index contributed by atoms with van der Waals surface area (Å²) in [5, 5.41) is 13.6. The molecule has 0 aliphatic rings. The predicted molar refractivity (Wildman–Crippen MR) is 150 cm³/mol. The molecular weight excluding hydrogens is 474 g/mol. The lowest BCUT2D eigenvalue weighted by molar-refractivity contribution is 0.0994. The summed E-state index contributed by atoms with van der Waals surface area (Å²) in [5.74, 6) is 5.84. The number of fused-ring (bicyclic) bond motifs is 2. The molecule has 2 heterocycles. The number of H-pyrrole nitrogens is 1. The molecular formula is C32H29N3O3. The number of benzene rings is 3. The van der Waals surface area contributed by atoms with Crippen molar-refractivity contribution in [3.05, 3.63) is 107 Å². The van der Waals surface area contributed by atoms with Crippen LogP contribution in [0, 0.1) is 11.8 Å². The zero-order chi connectivity index (χ0) is 26.6. The van der Waals surface area contributed by atoms with E-state index in [0.717, 1.165) is 32.8 Å². The zero-order valence-electron chi connectivity index (χ0n) is 21.4. The second-order valence-electron chi connectivity index (χ2n) is 9.57. The van der Waals surface area contributed by atoms with E-state index < -0.39 is 5.91 Å². The van der Waals surface area contributed by atoms with Gasteiger partial charge in [-0.05, 0) is 44.0 Å². The summed E-state index contributed by atoms with van der Waals surface area (Å²) in [6.45, 7) is 3.64. The number of amides is 1. The summed E-state index contributed by atoms with van der Waals surface area (Å²) >= 11 is 0. The highest BCUT2D eigenvalue weighted by Gasteiger charge is 2.24. The van der Waals surface area contributed by atoms with E-state index in [2.05, 4.69) is 27.9 Å². The Morgan fingerprint density at radius 3 is 2.58 bits per heavy atom. The van der Waals surface area contributed by atoms with Crippen LogP contribution in [0.2, 0.25) is 0 Å².